The van der Waals surface area contributed by atoms with Crippen LogP contribution in [0, 0.1) is 10.1 Å². The Balaban J connectivity index is 0.00000162. The number of nitrogens with zero attached hydrogens (tertiary/aromatic N) is 1. The van der Waals surface area contributed by atoms with E-state index in [9.17, 15) is 14.9 Å². The van der Waals surface area contributed by atoms with Crippen molar-refractivity contribution in [2.45, 2.75) is 7.43 Å². The number of nitro benzene ring substituents is 1. The quantitative estimate of drug-likeness (QED) is 0.471. The predicted octanol–water partition coefficient (Wildman–Crippen LogP) is 3.46. The van der Waals surface area contributed by atoms with E-state index in [-0.39, 0.29) is 24.5 Å². The number of carbonyl (C=O) groups is 1. The summed E-state index contributed by atoms with van der Waals surface area (Å²) in [4.78, 5) is 22.3. The van der Waals surface area contributed by atoms with E-state index in [1.807, 2.05) is 0 Å². The van der Waals surface area contributed by atoms with Gasteiger partial charge in [0.05, 0.1) is 4.92 Å². The first-order valence-electron chi connectivity index (χ1n) is 5.03. The van der Waals surface area contributed by atoms with E-state index in [4.69, 9.17) is 0 Å². The van der Waals surface area contributed by atoms with Crippen molar-refractivity contribution in [2.24, 2.45) is 0 Å². The van der Waals surface area contributed by atoms with E-state index in [0.717, 1.165) is 0 Å². The summed E-state index contributed by atoms with van der Waals surface area (Å²) < 4.78 is 0. The number of rotatable bonds is 3. The molecule has 0 aromatic heterocycles. The summed E-state index contributed by atoms with van der Waals surface area (Å²) >= 11 is 0. The fourth-order valence-electron chi connectivity index (χ4n) is 1.57. The smallest absolute Gasteiger partial charge is 0.280 e. The molecule has 0 radical (unpaired) electrons. The number of benzene rings is 2. The van der Waals surface area contributed by atoms with Gasteiger partial charge in [-0.05, 0) is 6.07 Å². The second-order valence-corrected chi connectivity index (χ2v) is 3.47. The first kappa shape index (κ1) is 13.6. The lowest BCUT2D eigenvalue weighted by molar-refractivity contribution is -0.385. The van der Waals surface area contributed by atoms with E-state index in [1.54, 1.807) is 42.5 Å². The molecule has 4 nitrogen and oxygen atoms in total. The highest BCUT2D eigenvalue weighted by Crippen LogP contribution is 2.20. The van der Waals surface area contributed by atoms with Crippen LogP contribution in [0.2, 0.25) is 0 Å². The van der Waals surface area contributed by atoms with Crippen LogP contribution >= 0.6 is 0 Å². The molecule has 0 N–H and O–H groups in total. The summed E-state index contributed by atoms with van der Waals surface area (Å²) in [6.45, 7) is 0. The van der Waals surface area contributed by atoms with Crippen LogP contribution in [0.15, 0.2) is 54.6 Å². The molecule has 0 amide bonds. The summed E-state index contributed by atoms with van der Waals surface area (Å²) in [5, 5.41) is 10.8. The molecule has 0 atom stereocenters. The van der Waals surface area contributed by atoms with Gasteiger partial charge in [-0.3, -0.25) is 14.9 Å². The second-order valence-electron chi connectivity index (χ2n) is 3.47. The predicted molar refractivity (Wildman–Crippen MR) is 69.7 cm³/mol. The number of carbonyl (C=O) groups excluding carboxylic acids is 1. The van der Waals surface area contributed by atoms with Gasteiger partial charge in [0.15, 0.2) is 5.78 Å². The largest absolute Gasteiger partial charge is 0.288 e. The van der Waals surface area contributed by atoms with E-state index in [1.165, 1.54) is 12.1 Å². The summed E-state index contributed by atoms with van der Waals surface area (Å²) in [6.07, 6.45) is 0. The molecular weight excluding hydrogens is 230 g/mol. The third-order valence-corrected chi connectivity index (χ3v) is 2.38. The lowest BCUT2D eigenvalue weighted by atomic mass is 10.0. The van der Waals surface area contributed by atoms with Gasteiger partial charge in [0, 0.05) is 11.6 Å². The monoisotopic (exact) mass is 243 g/mol. The van der Waals surface area contributed by atoms with Crippen LogP contribution in [-0.2, 0) is 0 Å². The van der Waals surface area contributed by atoms with Crippen LogP contribution in [0.1, 0.15) is 23.3 Å². The molecule has 18 heavy (non-hydrogen) atoms. The molecule has 0 saturated heterocycles. The van der Waals surface area contributed by atoms with Crippen LogP contribution in [-0.4, -0.2) is 10.7 Å². The van der Waals surface area contributed by atoms with E-state index in [0.29, 0.717) is 5.56 Å². The minimum atomic E-state index is -0.545. The van der Waals surface area contributed by atoms with Crippen LogP contribution in [0.3, 0.4) is 0 Å². The zero-order valence-electron chi connectivity index (χ0n) is 8.87. The number of hydrogen-bond acceptors (Lipinski definition) is 3. The van der Waals surface area contributed by atoms with E-state index >= 15 is 0 Å². The van der Waals surface area contributed by atoms with Gasteiger partial charge in [-0.1, -0.05) is 49.9 Å². The van der Waals surface area contributed by atoms with Gasteiger partial charge in [-0.15, -0.1) is 0 Å². The number of para-hydroxylation sites is 1. The third-order valence-electron chi connectivity index (χ3n) is 2.38. The van der Waals surface area contributed by atoms with Gasteiger partial charge in [-0.2, -0.15) is 0 Å². The van der Waals surface area contributed by atoms with Crippen molar-refractivity contribution in [3.05, 3.63) is 75.8 Å². The molecule has 2 aromatic carbocycles. The van der Waals surface area contributed by atoms with Crippen LogP contribution in [0.5, 0.6) is 0 Å². The minimum absolute atomic E-state index is 0. The molecule has 2 aromatic rings. The molecule has 4 heteroatoms. The zero-order valence-corrected chi connectivity index (χ0v) is 8.87. The Labute approximate surface area is 105 Å². The van der Waals surface area contributed by atoms with Gasteiger partial charge in [0.2, 0.25) is 0 Å². The highest BCUT2D eigenvalue weighted by molar-refractivity contribution is 6.11. The first-order chi connectivity index (χ1) is 8.20. The van der Waals surface area contributed by atoms with Crippen molar-refractivity contribution in [1.82, 2.24) is 0 Å². The maximum atomic E-state index is 12.1. The van der Waals surface area contributed by atoms with Crippen molar-refractivity contribution in [3.63, 3.8) is 0 Å². The van der Waals surface area contributed by atoms with Gasteiger partial charge >= 0.3 is 0 Å². The minimum Gasteiger partial charge on any atom is -0.288 e. The average molecular weight is 243 g/mol. The fourth-order valence-corrected chi connectivity index (χ4v) is 1.57. The molecule has 2 rings (SSSR count). The molecule has 0 spiro atoms. The molecule has 0 aliphatic carbocycles. The van der Waals surface area contributed by atoms with E-state index in [2.05, 4.69) is 0 Å². The fraction of sp³-hybridized carbons (Fsp3) is 0.0714. The Morgan fingerprint density at radius 2 is 1.50 bits per heavy atom. The molecule has 0 aliphatic heterocycles. The first-order valence-corrected chi connectivity index (χ1v) is 5.03. The summed E-state index contributed by atoms with van der Waals surface area (Å²) in [6, 6.07) is 14.5. The van der Waals surface area contributed by atoms with Gasteiger partial charge in [0.1, 0.15) is 5.56 Å². The molecule has 0 unspecified atom stereocenters. The molecule has 92 valence electrons. The van der Waals surface area contributed by atoms with Crippen molar-refractivity contribution in [1.29, 1.82) is 0 Å². The van der Waals surface area contributed by atoms with Crippen molar-refractivity contribution in [2.75, 3.05) is 0 Å². The summed E-state index contributed by atoms with van der Waals surface area (Å²) in [7, 11) is 0. The second kappa shape index (κ2) is 5.72. The van der Waals surface area contributed by atoms with Crippen molar-refractivity contribution in [3.8, 4) is 0 Å². The molecule has 0 heterocycles. The molecule has 0 saturated carbocycles. The third kappa shape index (κ3) is 2.60. The normalized spacial score (nSPS) is 9.33. The molecule has 0 fully saturated rings. The van der Waals surface area contributed by atoms with Gasteiger partial charge in [-0.25, -0.2) is 0 Å². The Bertz CT molecular complexity index is 564. The van der Waals surface area contributed by atoms with Gasteiger partial charge < -0.3 is 0 Å². The summed E-state index contributed by atoms with van der Waals surface area (Å²) in [5.74, 6) is -0.335. The molecule has 0 aliphatic rings. The van der Waals surface area contributed by atoms with Crippen molar-refractivity contribution >= 4 is 11.5 Å². The van der Waals surface area contributed by atoms with Crippen LogP contribution in [0.4, 0.5) is 5.69 Å². The van der Waals surface area contributed by atoms with E-state index < -0.39 is 4.92 Å². The average Bonchev–Trinajstić information content (AvgIpc) is 2.39. The van der Waals surface area contributed by atoms with Crippen LogP contribution < -0.4 is 0 Å². The number of nitro groups is 1. The standard InChI is InChI=1S/C13H9NO3.CH4/c15-13(10-6-2-1-3-7-10)11-8-4-5-9-12(11)14(16)17;/h1-9H;1H4. The lowest BCUT2D eigenvalue weighted by Crippen LogP contribution is -2.04. The lowest BCUT2D eigenvalue weighted by Gasteiger charge is -2.01. The highest BCUT2D eigenvalue weighted by Gasteiger charge is 2.19. The topological polar surface area (TPSA) is 60.2 Å². The molecular formula is C14H13NO3. The maximum absolute atomic E-state index is 12.1. The Morgan fingerprint density at radius 3 is 2.11 bits per heavy atom. The van der Waals surface area contributed by atoms with Crippen molar-refractivity contribution < 1.29 is 9.72 Å². The molecule has 0 bridgehead atoms. The highest BCUT2D eigenvalue weighted by atomic mass is 16.6. The SMILES string of the molecule is C.O=C(c1ccccc1)c1ccccc1[N+](=O)[O-]. The Hall–Kier alpha value is -2.49. The maximum Gasteiger partial charge on any atom is 0.280 e. The number of ketones is 1. The van der Waals surface area contributed by atoms with Crippen LogP contribution in [0.25, 0.3) is 0 Å². The zero-order chi connectivity index (χ0) is 12.3. The summed E-state index contributed by atoms with van der Waals surface area (Å²) in [5.41, 5.74) is 0.395. The Kier molecular flexibility index (Phi) is 4.32. The number of hydrogen-bond donors (Lipinski definition) is 0. The van der Waals surface area contributed by atoms with Gasteiger partial charge in [0.25, 0.3) is 5.69 Å². The Morgan fingerprint density at radius 1 is 0.944 bits per heavy atom.